The molecule has 2 aromatic heterocycles. The number of fused-ring (bicyclic) bond motifs is 1. The molecule has 4 aromatic rings. The molecule has 4 rings (SSSR count). The quantitative estimate of drug-likeness (QED) is 0.413. The molecule has 168 valence electrons. The van der Waals surface area contributed by atoms with Crippen molar-refractivity contribution in [2.24, 2.45) is 0 Å². The Morgan fingerprint density at radius 3 is 2.67 bits per heavy atom. The third-order valence-corrected chi connectivity index (χ3v) is 5.32. The van der Waals surface area contributed by atoms with Gasteiger partial charge in [0.05, 0.1) is 18.5 Å². The molecule has 0 saturated heterocycles. The van der Waals surface area contributed by atoms with Gasteiger partial charge in [0.2, 0.25) is 0 Å². The number of hydrogen-bond donors (Lipinski definition) is 1. The number of carbonyl (C=O) groups excluding carboxylic acids is 2. The van der Waals surface area contributed by atoms with Crippen molar-refractivity contribution in [3.63, 3.8) is 0 Å². The molecular weight excluding hydrogens is 416 g/mol. The number of amides is 1. The first kappa shape index (κ1) is 22.2. The lowest BCUT2D eigenvalue weighted by atomic mass is 10.0. The fourth-order valence-corrected chi connectivity index (χ4v) is 3.61. The number of nitrogens with one attached hydrogen (secondary N) is 1. The Bertz CT molecular complexity index is 1310. The van der Waals surface area contributed by atoms with E-state index in [1.807, 2.05) is 30.3 Å². The number of hydrogen-bond acceptors (Lipinski definition) is 5. The molecule has 0 radical (unpaired) electrons. The number of anilines is 1. The van der Waals surface area contributed by atoms with Gasteiger partial charge in [0, 0.05) is 17.4 Å². The third kappa shape index (κ3) is 4.92. The van der Waals surface area contributed by atoms with Crippen molar-refractivity contribution >= 4 is 23.1 Å². The van der Waals surface area contributed by atoms with Crippen LogP contribution in [0.1, 0.15) is 48.3 Å². The van der Waals surface area contributed by atoms with E-state index in [9.17, 15) is 9.59 Å². The van der Waals surface area contributed by atoms with Gasteiger partial charge in [-0.25, -0.2) is 9.50 Å². The number of esters is 1. The molecule has 7 nitrogen and oxygen atoms in total. The molecule has 0 fully saturated rings. The zero-order valence-electron chi connectivity index (χ0n) is 18.9. The van der Waals surface area contributed by atoms with Gasteiger partial charge in [-0.05, 0) is 48.2 Å². The zero-order valence-corrected chi connectivity index (χ0v) is 18.9. The zero-order chi connectivity index (χ0) is 23.4. The van der Waals surface area contributed by atoms with Crippen molar-refractivity contribution in [3.8, 4) is 11.4 Å². The highest BCUT2D eigenvalue weighted by atomic mass is 16.5. The average Bonchev–Trinajstić information content (AvgIpc) is 3.28. The van der Waals surface area contributed by atoms with Gasteiger partial charge in [0.25, 0.3) is 5.91 Å². The predicted molar refractivity (Wildman–Crippen MR) is 127 cm³/mol. The van der Waals surface area contributed by atoms with E-state index in [2.05, 4.69) is 35.3 Å². The van der Waals surface area contributed by atoms with Gasteiger partial charge in [-0.3, -0.25) is 9.59 Å². The van der Waals surface area contributed by atoms with Gasteiger partial charge >= 0.3 is 5.97 Å². The van der Waals surface area contributed by atoms with Crippen LogP contribution in [0, 0.1) is 0 Å². The first-order valence-electron chi connectivity index (χ1n) is 11.0. The van der Waals surface area contributed by atoms with E-state index in [1.165, 1.54) is 5.56 Å². The van der Waals surface area contributed by atoms with Crippen molar-refractivity contribution in [3.05, 3.63) is 83.7 Å². The minimum Gasteiger partial charge on any atom is -0.466 e. The largest absolute Gasteiger partial charge is 0.466 e. The molecule has 7 heteroatoms. The summed E-state index contributed by atoms with van der Waals surface area (Å²) in [6.45, 7) is 6.32. The van der Waals surface area contributed by atoms with Gasteiger partial charge in [-0.1, -0.05) is 50.2 Å². The molecule has 2 aromatic carbocycles. The Hall–Kier alpha value is -4.00. The highest BCUT2D eigenvalue weighted by molar-refractivity contribution is 6.08. The molecule has 0 spiro atoms. The number of rotatable bonds is 7. The van der Waals surface area contributed by atoms with E-state index in [0.29, 0.717) is 35.1 Å². The molecule has 0 aliphatic carbocycles. The van der Waals surface area contributed by atoms with Crippen LogP contribution in [0.15, 0.2) is 66.9 Å². The molecule has 0 aliphatic rings. The maximum Gasteiger partial charge on any atom is 0.310 e. The standard InChI is InChI=1S/C26H26N4O3/c1-4-33-23(31)16-19-9-5-6-12-21(19)27-26(32)24-22-13-8-14-30(22)29-25(28-24)20-11-7-10-18(15-20)17(2)3/h5-15,17H,4,16H2,1-3H3,(H,27,32). The number of aromatic nitrogens is 3. The lowest BCUT2D eigenvalue weighted by Crippen LogP contribution is -2.18. The van der Waals surface area contributed by atoms with Crippen molar-refractivity contribution in [1.29, 1.82) is 0 Å². The van der Waals surface area contributed by atoms with Crippen molar-refractivity contribution in [2.45, 2.75) is 33.1 Å². The molecule has 33 heavy (non-hydrogen) atoms. The minimum absolute atomic E-state index is 0.0713. The highest BCUT2D eigenvalue weighted by Gasteiger charge is 2.18. The first-order chi connectivity index (χ1) is 16.0. The molecule has 2 heterocycles. The Morgan fingerprint density at radius 2 is 1.88 bits per heavy atom. The van der Waals surface area contributed by atoms with Gasteiger partial charge in [0.1, 0.15) is 0 Å². The Kier molecular flexibility index (Phi) is 6.49. The number of nitrogens with zero attached hydrogens (tertiary/aromatic N) is 3. The van der Waals surface area contributed by atoms with E-state index < -0.39 is 0 Å². The summed E-state index contributed by atoms with van der Waals surface area (Å²) in [6, 6.07) is 18.8. The lowest BCUT2D eigenvalue weighted by molar-refractivity contribution is -0.142. The topological polar surface area (TPSA) is 85.6 Å². The molecule has 0 atom stereocenters. The average molecular weight is 443 g/mol. The summed E-state index contributed by atoms with van der Waals surface area (Å²) in [5.74, 6) is 0.103. The minimum atomic E-state index is -0.376. The van der Waals surface area contributed by atoms with E-state index in [4.69, 9.17) is 4.74 Å². The summed E-state index contributed by atoms with van der Waals surface area (Å²) in [5, 5.41) is 7.51. The molecular formula is C26H26N4O3. The third-order valence-electron chi connectivity index (χ3n) is 5.32. The predicted octanol–water partition coefficient (Wildman–Crippen LogP) is 4.88. The summed E-state index contributed by atoms with van der Waals surface area (Å²) < 4.78 is 6.71. The normalized spacial score (nSPS) is 11.0. The van der Waals surface area contributed by atoms with Crippen LogP contribution < -0.4 is 5.32 Å². The van der Waals surface area contributed by atoms with Gasteiger partial charge in [-0.2, -0.15) is 0 Å². The van der Waals surface area contributed by atoms with Gasteiger partial charge in [-0.15, -0.1) is 5.10 Å². The van der Waals surface area contributed by atoms with Crippen LogP contribution in [0.2, 0.25) is 0 Å². The van der Waals surface area contributed by atoms with Crippen molar-refractivity contribution in [1.82, 2.24) is 14.6 Å². The maximum absolute atomic E-state index is 13.3. The SMILES string of the molecule is CCOC(=O)Cc1ccccc1NC(=O)c1nc(-c2cccc(C(C)C)c2)nn2cccc12. The summed E-state index contributed by atoms with van der Waals surface area (Å²) >= 11 is 0. The number of carbonyl (C=O) groups is 2. The Morgan fingerprint density at radius 1 is 1.06 bits per heavy atom. The number of para-hydroxylation sites is 1. The van der Waals surface area contributed by atoms with E-state index in [-0.39, 0.29) is 24.0 Å². The number of benzene rings is 2. The van der Waals surface area contributed by atoms with Crippen LogP contribution in [0.3, 0.4) is 0 Å². The Balaban J connectivity index is 1.69. The van der Waals surface area contributed by atoms with Crippen LogP contribution in [0.4, 0.5) is 5.69 Å². The van der Waals surface area contributed by atoms with E-state index in [1.54, 1.807) is 41.9 Å². The van der Waals surface area contributed by atoms with E-state index in [0.717, 1.165) is 5.56 Å². The van der Waals surface area contributed by atoms with Crippen LogP contribution >= 0.6 is 0 Å². The summed E-state index contributed by atoms with van der Waals surface area (Å²) in [6.07, 6.45) is 1.86. The second-order valence-electron chi connectivity index (χ2n) is 8.00. The highest BCUT2D eigenvalue weighted by Crippen LogP contribution is 2.24. The fraction of sp³-hybridized carbons (Fsp3) is 0.231. The van der Waals surface area contributed by atoms with Crippen LogP contribution in [-0.4, -0.2) is 33.1 Å². The maximum atomic E-state index is 13.3. The molecule has 0 unspecified atom stereocenters. The monoisotopic (exact) mass is 442 g/mol. The van der Waals surface area contributed by atoms with Crippen LogP contribution in [-0.2, 0) is 16.0 Å². The fourth-order valence-electron chi connectivity index (χ4n) is 3.61. The molecule has 0 saturated carbocycles. The molecule has 1 N–H and O–H groups in total. The van der Waals surface area contributed by atoms with Crippen LogP contribution in [0.5, 0.6) is 0 Å². The summed E-state index contributed by atoms with van der Waals surface area (Å²) in [4.78, 5) is 29.9. The summed E-state index contributed by atoms with van der Waals surface area (Å²) in [5.41, 5.74) is 4.08. The summed E-state index contributed by atoms with van der Waals surface area (Å²) in [7, 11) is 0. The van der Waals surface area contributed by atoms with Gasteiger partial charge in [0.15, 0.2) is 11.5 Å². The van der Waals surface area contributed by atoms with Crippen molar-refractivity contribution in [2.75, 3.05) is 11.9 Å². The van der Waals surface area contributed by atoms with Crippen LogP contribution in [0.25, 0.3) is 16.9 Å². The second-order valence-corrected chi connectivity index (χ2v) is 8.00. The van der Waals surface area contributed by atoms with Gasteiger partial charge < -0.3 is 10.1 Å². The Labute approximate surface area is 192 Å². The molecule has 0 aliphatic heterocycles. The number of ether oxygens (including phenoxy) is 1. The van der Waals surface area contributed by atoms with E-state index >= 15 is 0 Å². The van der Waals surface area contributed by atoms with Crippen molar-refractivity contribution < 1.29 is 14.3 Å². The second kappa shape index (κ2) is 9.65. The lowest BCUT2D eigenvalue weighted by Gasteiger charge is -2.12. The molecule has 0 bridgehead atoms. The smallest absolute Gasteiger partial charge is 0.310 e. The first-order valence-corrected chi connectivity index (χ1v) is 11.0. The molecule has 1 amide bonds.